The molecule has 6 heteroatoms. The molecular weight excluding hydrogens is 368 g/mol. The third kappa shape index (κ3) is 4.11. The van der Waals surface area contributed by atoms with Crippen LogP contribution in [0.1, 0.15) is 24.3 Å². The van der Waals surface area contributed by atoms with Crippen molar-refractivity contribution in [3.63, 3.8) is 0 Å². The minimum Gasteiger partial charge on any atom is -0.497 e. The fourth-order valence-electron chi connectivity index (χ4n) is 3.04. The highest BCUT2D eigenvalue weighted by Gasteiger charge is 2.19. The molecule has 0 aliphatic rings. The second-order valence-electron chi connectivity index (χ2n) is 6.67. The van der Waals surface area contributed by atoms with Crippen LogP contribution < -0.4 is 4.74 Å². The standard InChI is InChI=1S/C23H20N2O4/c1-15(17-8-9-19-13-20(27-2)11-10-18(19)12-17)23(26)28-14-21-24-25-22(29-21)16-6-4-3-5-7-16/h3-13,15H,14H2,1-2H3. The van der Waals surface area contributed by atoms with E-state index in [1.54, 1.807) is 7.11 Å². The van der Waals surface area contributed by atoms with Crippen LogP contribution in [0.2, 0.25) is 0 Å². The Morgan fingerprint density at radius 3 is 2.55 bits per heavy atom. The molecule has 6 nitrogen and oxygen atoms in total. The fraction of sp³-hybridized carbons (Fsp3) is 0.174. The molecule has 1 aromatic heterocycles. The van der Waals surface area contributed by atoms with E-state index in [1.165, 1.54) is 0 Å². The average molecular weight is 388 g/mol. The van der Waals surface area contributed by atoms with Gasteiger partial charge in [-0.1, -0.05) is 42.5 Å². The molecule has 3 aromatic carbocycles. The molecule has 0 radical (unpaired) electrons. The maximum absolute atomic E-state index is 12.5. The molecule has 0 aliphatic carbocycles. The Morgan fingerprint density at radius 1 is 1.00 bits per heavy atom. The van der Waals surface area contributed by atoms with Gasteiger partial charge in [0.25, 0.3) is 5.89 Å². The lowest BCUT2D eigenvalue weighted by Gasteiger charge is -2.12. The van der Waals surface area contributed by atoms with Gasteiger partial charge >= 0.3 is 5.97 Å². The van der Waals surface area contributed by atoms with Crippen LogP contribution in [-0.2, 0) is 16.1 Å². The van der Waals surface area contributed by atoms with Crippen molar-refractivity contribution in [3.8, 4) is 17.2 Å². The monoisotopic (exact) mass is 388 g/mol. The van der Waals surface area contributed by atoms with Crippen LogP contribution in [0, 0.1) is 0 Å². The zero-order chi connectivity index (χ0) is 20.2. The van der Waals surface area contributed by atoms with Gasteiger partial charge in [0.15, 0.2) is 6.61 Å². The number of nitrogens with zero attached hydrogens (tertiary/aromatic N) is 2. The summed E-state index contributed by atoms with van der Waals surface area (Å²) in [6.45, 7) is 1.75. The fourth-order valence-corrected chi connectivity index (χ4v) is 3.04. The largest absolute Gasteiger partial charge is 0.497 e. The summed E-state index contributed by atoms with van der Waals surface area (Å²) in [5.74, 6) is 0.687. The third-order valence-electron chi connectivity index (χ3n) is 4.75. The first-order valence-corrected chi connectivity index (χ1v) is 9.26. The van der Waals surface area contributed by atoms with E-state index in [4.69, 9.17) is 13.9 Å². The Kier molecular flexibility index (Phi) is 5.24. The van der Waals surface area contributed by atoms with Crippen molar-refractivity contribution in [3.05, 3.63) is 78.2 Å². The number of carbonyl (C=O) groups is 1. The van der Waals surface area contributed by atoms with Crippen LogP contribution in [0.3, 0.4) is 0 Å². The van der Waals surface area contributed by atoms with Crippen LogP contribution in [0.15, 0.2) is 71.1 Å². The van der Waals surface area contributed by atoms with Gasteiger partial charge in [-0.15, -0.1) is 10.2 Å². The van der Waals surface area contributed by atoms with E-state index >= 15 is 0 Å². The average Bonchev–Trinajstić information content (AvgIpc) is 3.26. The lowest BCUT2D eigenvalue weighted by molar-refractivity contribution is -0.147. The molecule has 1 atom stereocenters. The van der Waals surface area contributed by atoms with Gasteiger partial charge in [-0.25, -0.2) is 0 Å². The van der Waals surface area contributed by atoms with Crippen molar-refractivity contribution in [1.82, 2.24) is 10.2 Å². The highest BCUT2D eigenvalue weighted by Crippen LogP contribution is 2.26. The number of benzene rings is 3. The van der Waals surface area contributed by atoms with E-state index in [2.05, 4.69) is 10.2 Å². The SMILES string of the molecule is COc1ccc2cc(C(C)C(=O)OCc3nnc(-c4ccccc4)o3)ccc2c1. The topological polar surface area (TPSA) is 74.5 Å². The number of rotatable bonds is 6. The Hall–Kier alpha value is -3.67. The molecule has 0 fully saturated rings. The van der Waals surface area contributed by atoms with E-state index in [9.17, 15) is 4.79 Å². The number of fused-ring (bicyclic) bond motifs is 1. The van der Waals surface area contributed by atoms with Gasteiger partial charge in [-0.2, -0.15) is 0 Å². The Bertz CT molecular complexity index is 1140. The zero-order valence-electron chi connectivity index (χ0n) is 16.2. The second kappa shape index (κ2) is 8.14. The van der Waals surface area contributed by atoms with E-state index in [1.807, 2.05) is 73.7 Å². The van der Waals surface area contributed by atoms with Crippen molar-refractivity contribution in [2.24, 2.45) is 0 Å². The summed E-state index contributed by atoms with van der Waals surface area (Å²) in [5.41, 5.74) is 1.70. The van der Waals surface area contributed by atoms with Gasteiger partial charge in [0, 0.05) is 5.56 Å². The highest BCUT2D eigenvalue weighted by molar-refractivity contribution is 5.86. The van der Waals surface area contributed by atoms with Gasteiger partial charge in [0.05, 0.1) is 13.0 Å². The van der Waals surface area contributed by atoms with Crippen LogP contribution in [0.5, 0.6) is 5.75 Å². The van der Waals surface area contributed by atoms with Crippen LogP contribution in [0.25, 0.3) is 22.2 Å². The second-order valence-corrected chi connectivity index (χ2v) is 6.67. The maximum atomic E-state index is 12.5. The van der Waals surface area contributed by atoms with Gasteiger partial charge in [0.1, 0.15) is 5.75 Å². The van der Waals surface area contributed by atoms with Crippen molar-refractivity contribution >= 4 is 16.7 Å². The van der Waals surface area contributed by atoms with Crippen molar-refractivity contribution in [2.45, 2.75) is 19.4 Å². The van der Waals surface area contributed by atoms with Gasteiger partial charge in [0.2, 0.25) is 5.89 Å². The normalized spacial score (nSPS) is 11.9. The summed E-state index contributed by atoms with van der Waals surface area (Å²) in [6, 6.07) is 21.2. The number of esters is 1. The minimum absolute atomic E-state index is 0.0617. The molecule has 146 valence electrons. The van der Waals surface area contributed by atoms with E-state index in [0.717, 1.165) is 27.6 Å². The number of ether oxygens (including phenoxy) is 2. The van der Waals surface area contributed by atoms with Crippen LogP contribution >= 0.6 is 0 Å². The van der Waals surface area contributed by atoms with Gasteiger partial charge in [-0.05, 0) is 47.5 Å². The molecule has 0 amide bonds. The summed E-state index contributed by atoms with van der Waals surface area (Å²) < 4.78 is 16.2. The molecule has 1 unspecified atom stereocenters. The molecule has 0 saturated heterocycles. The molecule has 1 heterocycles. The first-order chi connectivity index (χ1) is 14.1. The van der Waals surface area contributed by atoms with Crippen LogP contribution in [-0.4, -0.2) is 23.3 Å². The summed E-state index contributed by atoms with van der Waals surface area (Å²) in [7, 11) is 1.64. The third-order valence-corrected chi connectivity index (χ3v) is 4.75. The summed E-state index contributed by atoms with van der Waals surface area (Å²) in [4.78, 5) is 12.5. The van der Waals surface area contributed by atoms with Crippen molar-refractivity contribution in [1.29, 1.82) is 0 Å². The lowest BCUT2D eigenvalue weighted by Crippen LogP contribution is -2.13. The summed E-state index contributed by atoms with van der Waals surface area (Å²) >= 11 is 0. The molecule has 0 N–H and O–H groups in total. The van der Waals surface area contributed by atoms with Crippen LogP contribution in [0.4, 0.5) is 0 Å². The van der Waals surface area contributed by atoms with E-state index in [0.29, 0.717) is 5.89 Å². The molecule has 0 aliphatic heterocycles. The predicted molar refractivity (Wildman–Crippen MR) is 108 cm³/mol. The summed E-state index contributed by atoms with van der Waals surface area (Å²) in [6.07, 6.45) is 0. The van der Waals surface area contributed by atoms with E-state index in [-0.39, 0.29) is 18.5 Å². The number of hydrogen-bond acceptors (Lipinski definition) is 6. The maximum Gasteiger partial charge on any atom is 0.313 e. The lowest BCUT2D eigenvalue weighted by atomic mass is 9.98. The molecule has 4 aromatic rings. The first kappa shape index (κ1) is 18.7. The molecule has 0 bridgehead atoms. The number of methoxy groups -OCH3 is 1. The molecular formula is C23H20N2O4. The molecule has 29 heavy (non-hydrogen) atoms. The van der Waals surface area contributed by atoms with Gasteiger partial charge < -0.3 is 13.9 Å². The summed E-state index contributed by atoms with van der Waals surface area (Å²) in [5, 5.41) is 10.0. The van der Waals surface area contributed by atoms with Gasteiger partial charge in [-0.3, -0.25) is 4.79 Å². The molecule has 0 saturated carbocycles. The van der Waals surface area contributed by atoms with Crippen molar-refractivity contribution < 1.29 is 18.7 Å². The highest BCUT2D eigenvalue weighted by atomic mass is 16.5. The minimum atomic E-state index is -0.419. The number of hydrogen-bond donors (Lipinski definition) is 0. The van der Waals surface area contributed by atoms with Crippen molar-refractivity contribution in [2.75, 3.05) is 7.11 Å². The Labute approximate surface area is 168 Å². The number of carbonyl (C=O) groups excluding carboxylic acids is 1. The first-order valence-electron chi connectivity index (χ1n) is 9.26. The Morgan fingerprint density at radius 2 is 1.76 bits per heavy atom. The predicted octanol–water partition coefficient (Wildman–Crippen LogP) is 4.75. The molecule has 0 spiro atoms. The number of aromatic nitrogens is 2. The zero-order valence-corrected chi connectivity index (χ0v) is 16.2. The Balaban J connectivity index is 1.42. The quantitative estimate of drug-likeness (QED) is 0.444. The van der Waals surface area contributed by atoms with E-state index < -0.39 is 5.92 Å². The smallest absolute Gasteiger partial charge is 0.313 e. The molecule has 4 rings (SSSR count).